The quantitative estimate of drug-likeness (QED) is 0.647. The summed E-state index contributed by atoms with van der Waals surface area (Å²) in [5, 5.41) is 5.56. The first-order chi connectivity index (χ1) is 8.13. The van der Waals surface area contributed by atoms with Crippen molar-refractivity contribution < 1.29 is 9.59 Å². The van der Waals surface area contributed by atoms with Crippen LogP contribution in [0.5, 0.6) is 0 Å². The summed E-state index contributed by atoms with van der Waals surface area (Å²) in [6.07, 6.45) is 4.78. The summed E-state index contributed by atoms with van der Waals surface area (Å²) in [5.74, 6) is -0.187. The van der Waals surface area contributed by atoms with E-state index in [1.165, 1.54) is 0 Å². The largest absolute Gasteiger partial charge is 0.354 e. The molecule has 98 valence electrons. The molecule has 1 aliphatic rings. The van der Waals surface area contributed by atoms with Gasteiger partial charge in [0, 0.05) is 19.0 Å². The van der Waals surface area contributed by atoms with E-state index in [2.05, 4.69) is 10.6 Å². The van der Waals surface area contributed by atoms with Crippen LogP contribution in [0.15, 0.2) is 0 Å². The van der Waals surface area contributed by atoms with Gasteiger partial charge in [0.2, 0.25) is 11.8 Å². The minimum atomic E-state index is -0.376. The van der Waals surface area contributed by atoms with E-state index < -0.39 is 0 Å². The number of nitrogens with two attached hydrogens (primary N) is 1. The lowest BCUT2D eigenvalue weighted by Crippen LogP contribution is -2.46. The minimum Gasteiger partial charge on any atom is -0.354 e. The molecule has 5 heteroatoms. The van der Waals surface area contributed by atoms with E-state index in [0.29, 0.717) is 13.0 Å². The molecule has 2 atom stereocenters. The van der Waals surface area contributed by atoms with Gasteiger partial charge in [0.25, 0.3) is 0 Å². The molecule has 2 amide bonds. The van der Waals surface area contributed by atoms with Crippen LogP contribution < -0.4 is 16.4 Å². The molecule has 5 nitrogen and oxygen atoms in total. The van der Waals surface area contributed by atoms with E-state index in [9.17, 15) is 9.59 Å². The van der Waals surface area contributed by atoms with Gasteiger partial charge in [0.05, 0.1) is 0 Å². The Hall–Kier alpha value is -1.10. The van der Waals surface area contributed by atoms with E-state index in [-0.39, 0.29) is 23.9 Å². The van der Waals surface area contributed by atoms with Gasteiger partial charge in [-0.2, -0.15) is 0 Å². The molecule has 17 heavy (non-hydrogen) atoms. The maximum absolute atomic E-state index is 11.7. The lowest BCUT2D eigenvalue weighted by atomic mass is 10.1. The van der Waals surface area contributed by atoms with Crippen LogP contribution in [0.3, 0.4) is 0 Å². The maximum atomic E-state index is 11.7. The van der Waals surface area contributed by atoms with E-state index in [0.717, 1.165) is 32.1 Å². The van der Waals surface area contributed by atoms with Crippen LogP contribution in [-0.2, 0) is 9.59 Å². The highest BCUT2D eigenvalue weighted by atomic mass is 16.2. The summed E-state index contributed by atoms with van der Waals surface area (Å²) in [6.45, 7) is 2.75. The van der Waals surface area contributed by atoms with Crippen LogP contribution in [-0.4, -0.2) is 30.4 Å². The lowest BCUT2D eigenvalue weighted by molar-refractivity contribution is -0.129. The summed E-state index contributed by atoms with van der Waals surface area (Å²) in [4.78, 5) is 23.3. The second-order valence-electron chi connectivity index (χ2n) is 4.66. The van der Waals surface area contributed by atoms with Gasteiger partial charge in [0.1, 0.15) is 6.04 Å². The van der Waals surface area contributed by atoms with E-state index in [1.54, 1.807) is 0 Å². The van der Waals surface area contributed by atoms with Crippen LogP contribution in [0.1, 0.15) is 45.4 Å². The summed E-state index contributed by atoms with van der Waals surface area (Å²) in [5.41, 5.74) is 5.79. The molecule has 1 fully saturated rings. The summed E-state index contributed by atoms with van der Waals surface area (Å²) in [6, 6.07) is -0.479. The lowest BCUT2D eigenvalue weighted by Gasteiger charge is -2.17. The molecule has 0 saturated carbocycles. The molecule has 0 aliphatic carbocycles. The molecule has 0 radical (unpaired) electrons. The van der Waals surface area contributed by atoms with Crippen molar-refractivity contribution in [2.45, 2.75) is 57.5 Å². The van der Waals surface area contributed by atoms with Crippen molar-refractivity contribution in [1.29, 1.82) is 0 Å². The fourth-order valence-corrected chi connectivity index (χ4v) is 2.04. The van der Waals surface area contributed by atoms with E-state index in [1.807, 2.05) is 6.92 Å². The molecule has 0 aromatic heterocycles. The SMILES string of the molecule is CCCC(N)CC(=O)NC1CCCCNC1=O. The highest BCUT2D eigenvalue weighted by Gasteiger charge is 2.22. The highest BCUT2D eigenvalue weighted by Crippen LogP contribution is 2.06. The maximum Gasteiger partial charge on any atom is 0.242 e. The fourth-order valence-electron chi connectivity index (χ4n) is 2.04. The van der Waals surface area contributed by atoms with Gasteiger partial charge in [-0.3, -0.25) is 9.59 Å². The summed E-state index contributed by atoms with van der Waals surface area (Å²) < 4.78 is 0. The standard InChI is InChI=1S/C12H23N3O2/c1-2-5-9(13)8-11(16)15-10-6-3-4-7-14-12(10)17/h9-10H,2-8,13H2,1H3,(H,14,17)(H,15,16). The Labute approximate surface area is 103 Å². The van der Waals surface area contributed by atoms with Crippen molar-refractivity contribution in [2.75, 3.05) is 6.54 Å². The van der Waals surface area contributed by atoms with Crippen LogP contribution in [0, 0.1) is 0 Å². The molecular formula is C12H23N3O2. The number of hydrogen-bond acceptors (Lipinski definition) is 3. The number of amides is 2. The predicted octanol–water partition coefficient (Wildman–Crippen LogP) is 0.289. The van der Waals surface area contributed by atoms with Crippen molar-refractivity contribution in [3.63, 3.8) is 0 Å². The first-order valence-electron chi connectivity index (χ1n) is 6.46. The van der Waals surface area contributed by atoms with Crippen LogP contribution >= 0.6 is 0 Å². The predicted molar refractivity (Wildman–Crippen MR) is 66.3 cm³/mol. The topological polar surface area (TPSA) is 84.2 Å². The van der Waals surface area contributed by atoms with Crippen molar-refractivity contribution >= 4 is 11.8 Å². The van der Waals surface area contributed by atoms with Crippen LogP contribution in [0.25, 0.3) is 0 Å². The Morgan fingerprint density at radius 2 is 2.35 bits per heavy atom. The Bertz CT molecular complexity index is 268. The molecule has 0 bridgehead atoms. The number of carbonyl (C=O) groups is 2. The number of hydrogen-bond donors (Lipinski definition) is 3. The van der Waals surface area contributed by atoms with Gasteiger partial charge < -0.3 is 16.4 Å². The molecule has 0 spiro atoms. The highest BCUT2D eigenvalue weighted by molar-refractivity contribution is 5.87. The molecule has 1 aliphatic heterocycles. The summed E-state index contributed by atoms with van der Waals surface area (Å²) in [7, 11) is 0. The normalized spacial score (nSPS) is 22.5. The van der Waals surface area contributed by atoms with Crippen molar-refractivity contribution in [1.82, 2.24) is 10.6 Å². The zero-order valence-electron chi connectivity index (χ0n) is 10.5. The van der Waals surface area contributed by atoms with E-state index in [4.69, 9.17) is 5.73 Å². The van der Waals surface area contributed by atoms with Crippen molar-refractivity contribution in [3.8, 4) is 0 Å². The van der Waals surface area contributed by atoms with E-state index >= 15 is 0 Å². The average Bonchev–Trinajstić information content (AvgIpc) is 2.44. The second kappa shape index (κ2) is 7.27. The molecule has 1 rings (SSSR count). The molecule has 2 unspecified atom stereocenters. The fraction of sp³-hybridized carbons (Fsp3) is 0.833. The molecular weight excluding hydrogens is 218 g/mol. The van der Waals surface area contributed by atoms with Gasteiger partial charge in [-0.1, -0.05) is 13.3 Å². The Balaban J connectivity index is 2.35. The third kappa shape index (κ3) is 5.17. The van der Waals surface area contributed by atoms with Gasteiger partial charge in [0.15, 0.2) is 0 Å². The molecule has 0 aromatic rings. The number of carbonyl (C=O) groups excluding carboxylic acids is 2. The van der Waals surface area contributed by atoms with Gasteiger partial charge in [-0.25, -0.2) is 0 Å². The monoisotopic (exact) mass is 241 g/mol. The Kier molecular flexibility index (Phi) is 5.97. The second-order valence-corrected chi connectivity index (χ2v) is 4.66. The molecule has 4 N–H and O–H groups in total. The zero-order chi connectivity index (χ0) is 12.7. The number of nitrogens with one attached hydrogen (secondary N) is 2. The van der Waals surface area contributed by atoms with Gasteiger partial charge >= 0.3 is 0 Å². The number of rotatable bonds is 5. The minimum absolute atomic E-state index is 0.0695. The molecule has 1 saturated heterocycles. The average molecular weight is 241 g/mol. The first-order valence-corrected chi connectivity index (χ1v) is 6.46. The smallest absolute Gasteiger partial charge is 0.242 e. The third-order valence-corrected chi connectivity index (χ3v) is 2.98. The van der Waals surface area contributed by atoms with Crippen molar-refractivity contribution in [3.05, 3.63) is 0 Å². The van der Waals surface area contributed by atoms with Gasteiger partial charge in [-0.15, -0.1) is 0 Å². The zero-order valence-corrected chi connectivity index (χ0v) is 10.5. The molecule has 0 aromatic carbocycles. The Morgan fingerprint density at radius 3 is 3.06 bits per heavy atom. The van der Waals surface area contributed by atoms with Gasteiger partial charge in [-0.05, 0) is 25.7 Å². The van der Waals surface area contributed by atoms with Crippen LogP contribution in [0.4, 0.5) is 0 Å². The summed E-state index contributed by atoms with van der Waals surface area (Å²) >= 11 is 0. The van der Waals surface area contributed by atoms with Crippen molar-refractivity contribution in [2.24, 2.45) is 5.73 Å². The first kappa shape index (κ1) is 14.0. The van der Waals surface area contributed by atoms with Crippen LogP contribution in [0.2, 0.25) is 0 Å². The third-order valence-electron chi connectivity index (χ3n) is 2.98. The molecule has 1 heterocycles. The Morgan fingerprint density at radius 1 is 1.59 bits per heavy atom.